The van der Waals surface area contributed by atoms with E-state index in [1.54, 1.807) is 49.4 Å². The van der Waals surface area contributed by atoms with Gasteiger partial charge in [-0.25, -0.2) is 4.39 Å². The second kappa shape index (κ2) is 8.78. The van der Waals surface area contributed by atoms with Gasteiger partial charge in [0.2, 0.25) is 0 Å². The van der Waals surface area contributed by atoms with E-state index >= 15 is 0 Å². The van der Waals surface area contributed by atoms with E-state index in [9.17, 15) is 19.1 Å². The Morgan fingerprint density at radius 1 is 0.970 bits per heavy atom. The van der Waals surface area contributed by atoms with Crippen molar-refractivity contribution in [1.82, 2.24) is 0 Å². The molecule has 1 fully saturated rings. The zero-order chi connectivity index (χ0) is 23.7. The lowest BCUT2D eigenvalue weighted by atomic mass is 9.93. The lowest BCUT2D eigenvalue weighted by molar-refractivity contribution is -0.132. The number of aliphatic hydroxyl groups is 1. The van der Waals surface area contributed by atoms with E-state index in [2.05, 4.69) is 0 Å². The summed E-state index contributed by atoms with van der Waals surface area (Å²) in [5.41, 5.74) is 1.60. The lowest BCUT2D eigenvalue weighted by Gasteiger charge is -2.26. The van der Waals surface area contributed by atoms with Gasteiger partial charge >= 0.3 is 0 Å². The van der Waals surface area contributed by atoms with Crippen LogP contribution in [0.3, 0.4) is 0 Å². The van der Waals surface area contributed by atoms with Crippen LogP contribution in [0, 0.1) is 12.7 Å². The Labute approximate surface area is 190 Å². The highest BCUT2D eigenvalue weighted by Crippen LogP contribution is 2.45. The summed E-state index contributed by atoms with van der Waals surface area (Å²) in [6, 6.07) is 16.3. The van der Waals surface area contributed by atoms with Crippen LogP contribution < -0.4 is 14.4 Å². The molecule has 1 aliphatic rings. The smallest absolute Gasteiger partial charge is 0.300 e. The van der Waals surface area contributed by atoms with Gasteiger partial charge in [-0.1, -0.05) is 24.3 Å². The number of carbonyl (C=O) groups excluding carboxylic acids is 2. The van der Waals surface area contributed by atoms with Crippen LogP contribution in [-0.4, -0.2) is 31.0 Å². The molecular weight excluding hydrogens is 425 g/mol. The largest absolute Gasteiger partial charge is 0.507 e. The second-order valence-electron chi connectivity index (χ2n) is 7.57. The summed E-state index contributed by atoms with van der Waals surface area (Å²) in [5, 5.41) is 11.3. The number of aliphatic hydroxyl groups excluding tert-OH is 1. The third kappa shape index (κ3) is 3.82. The molecule has 1 heterocycles. The lowest BCUT2D eigenvalue weighted by Crippen LogP contribution is -2.29. The van der Waals surface area contributed by atoms with Crippen LogP contribution in [-0.2, 0) is 9.59 Å². The number of hydrogen-bond donors (Lipinski definition) is 1. The minimum Gasteiger partial charge on any atom is -0.507 e. The number of nitrogens with zero attached hydrogens (tertiary/aromatic N) is 1. The highest BCUT2D eigenvalue weighted by atomic mass is 19.1. The molecule has 4 rings (SSSR count). The molecule has 0 aromatic heterocycles. The van der Waals surface area contributed by atoms with Gasteiger partial charge < -0.3 is 14.6 Å². The molecule has 0 saturated carbocycles. The van der Waals surface area contributed by atoms with Gasteiger partial charge in [0.25, 0.3) is 11.7 Å². The van der Waals surface area contributed by atoms with Crippen LogP contribution in [0.4, 0.5) is 10.1 Å². The number of methoxy groups -OCH3 is 2. The molecule has 168 valence electrons. The molecule has 0 aliphatic carbocycles. The quantitative estimate of drug-likeness (QED) is 0.346. The van der Waals surface area contributed by atoms with Crippen molar-refractivity contribution < 1.29 is 28.6 Å². The van der Waals surface area contributed by atoms with Crippen LogP contribution in [0.25, 0.3) is 5.76 Å². The maximum atomic E-state index is 14.0. The zero-order valence-corrected chi connectivity index (χ0v) is 18.3. The molecule has 0 spiro atoms. The first-order valence-corrected chi connectivity index (χ1v) is 10.2. The van der Waals surface area contributed by atoms with E-state index in [0.717, 1.165) is 0 Å². The van der Waals surface area contributed by atoms with Crippen LogP contribution >= 0.6 is 0 Å². The van der Waals surface area contributed by atoms with Crippen LogP contribution in [0.1, 0.15) is 22.7 Å². The van der Waals surface area contributed by atoms with Gasteiger partial charge in [-0.15, -0.1) is 0 Å². The molecule has 3 aromatic rings. The molecular formula is C26H22FNO5. The average Bonchev–Trinajstić information content (AvgIpc) is 3.08. The summed E-state index contributed by atoms with van der Waals surface area (Å²) >= 11 is 0. The monoisotopic (exact) mass is 447 g/mol. The summed E-state index contributed by atoms with van der Waals surface area (Å²) < 4.78 is 24.7. The van der Waals surface area contributed by atoms with Gasteiger partial charge in [0.1, 0.15) is 23.1 Å². The Morgan fingerprint density at radius 3 is 2.39 bits per heavy atom. The minimum atomic E-state index is -1.02. The van der Waals surface area contributed by atoms with E-state index in [4.69, 9.17) is 9.47 Å². The highest BCUT2D eigenvalue weighted by Gasteiger charge is 2.48. The van der Waals surface area contributed by atoms with Crippen LogP contribution in [0.2, 0.25) is 0 Å². The number of anilines is 1. The molecule has 0 radical (unpaired) electrons. The Hall–Kier alpha value is -4.13. The zero-order valence-electron chi connectivity index (χ0n) is 18.3. The van der Waals surface area contributed by atoms with Crippen molar-refractivity contribution >= 4 is 23.1 Å². The average molecular weight is 447 g/mol. The van der Waals surface area contributed by atoms with E-state index in [0.29, 0.717) is 28.2 Å². The van der Waals surface area contributed by atoms with Crippen molar-refractivity contribution in [3.63, 3.8) is 0 Å². The summed E-state index contributed by atoms with van der Waals surface area (Å²) in [5.74, 6) is -1.62. The van der Waals surface area contributed by atoms with E-state index < -0.39 is 23.5 Å². The molecule has 1 unspecified atom stereocenters. The standard InChI is InChI=1S/C26H22FNO5/c1-15-13-18(32-2)11-12-19(15)24(29)22-23(20-9-4-5-10-21(20)33-3)28(26(31)25(22)30)17-8-6-7-16(27)14-17/h4-14,23,29H,1-3H3/b24-22+. The molecule has 1 aliphatic heterocycles. The highest BCUT2D eigenvalue weighted by molar-refractivity contribution is 6.51. The second-order valence-corrected chi connectivity index (χ2v) is 7.57. The van der Waals surface area contributed by atoms with Crippen molar-refractivity contribution in [3.8, 4) is 11.5 Å². The predicted molar refractivity (Wildman–Crippen MR) is 122 cm³/mol. The van der Waals surface area contributed by atoms with Crippen molar-refractivity contribution in [1.29, 1.82) is 0 Å². The fraction of sp³-hybridized carbons (Fsp3) is 0.154. The number of benzene rings is 3. The van der Waals surface area contributed by atoms with Gasteiger partial charge in [-0.05, 0) is 55.0 Å². The number of amides is 1. The van der Waals surface area contributed by atoms with E-state index in [1.807, 2.05) is 0 Å². The van der Waals surface area contributed by atoms with Crippen molar-refractivity contribution in [2.75, 3.05) is 19.1 Å². The Kier molecular flexibility index (Phi) is 5.87. The SMILES string of the molecule is COc1ccc(/C(O)=C2\C(=O)C(=O)N(c3cccc(F)c3)C2c2ccccc2OC)c(C)c1. The molecule has 33 heavy (non-hydrogen) atoms. The summed E-state index contributed by atoms with van der Waals surface area (Å²) in [6.45, 7) is 1.76. The number of ketones is 1. The molecule has 6 nitrogen and oxygen atoms in total. The van der Waals surface area contributed by atoms with Gasteiger partial charge in [-0.2, -0.15) is 0 Å². The van der Waals surface area contributed by atoms with Crippen molar-refractivity contribution in [2.24, 2.45) is 0 Å². The maximum absolute atomic E-state index is 14.0. The molecule has 1 N–H and O–H groups in total. The number of rotatable bonds is 5. The topological polar surface area (TPSA) is 76.1 Å². The maximum Gasteiger partial charge on any atom is 0.300 e. The molecule has 7 heteroatoms. The summed E-state index contributed by atoms with van der Waals surface area (Å²) in [7, 11) is 3.00. The molecule has 3 aromatic carbocycles. The van der Waals surface area contributed by atoms with Crippen molar-refractivity contribution in [2.45, 2.75) is 13.0 Å². The number of carbonyl (C=O) groups is 2. The van der Waals surface area contributed by atoms with Crippen LogP contribution in [0.5, 0.6) is 11.5 Å². The van der Waals surface area contributed by atoms with Gasteiger partial charge in [0, 0.05) is 16.8 Å². The fourth-order valence-corrected chi connectivity index (χ4v) is 4.09. The number of ether oxygens (including phenoxy) is 2. The predicted octanol–water partition coefficient (Wildman–Crippen LogP) is 4.78. The van der Waals surface area contributed by atoms with Gasteiger partial charge in [0.15, 0.2) is 0 Å². The molecule has 1 atom stereocenters. The van der Waals surface area contributed by atoms with Crippen LogP contribution in [0.15, 0.2) is 72.3 Å². The molecule has 1 saturated heterocycles. The normalized spacial score (nSPS) is 17.3. The third-order valence-corrected chi connectivity index (χ3v) is 5.65. The van der Waals surface area contributed by atoms with E-state index in [-0.39, 0.29) is 17.0 Å². The fourth-order valence-electron chi connectivity index (χ4n) is 4.09. The number of Topliss-reactive ketones (excluding diaryl/α,β-unsaturated/α-hetero) is 1. The summed E-state index contributed by atoms with van der Waals surface area (Å²) in [4.78, 5) is 27.6. The first kappa shape index (κ1) is 22.1. The Bertz CT molecular complexity index is 1280. The van der Waals surface area contributed by atoms with Gasteiger partial charge in [-0.3, -0.25) is 14.5 Å². The van der Waals surface area contributed by atoms with Crippen molar-refractivity contribution in [3.05, 3.63) is 94.8 Å². The Morgan fingerprint density at radius 2 is 1.73 bits per heavy atom. The molecule has 0 bridgehead atoms. The number of halogens is 1. The first-order chi connectivity index (χ1) is 15.9. The minimum absolute atomic E-state index is 0.109. The third-order valence-electron chi connectivity index (χ3n) is 5.65. The number of para-hydroxylation sites is 1. The molecule has 1 amide bonds. The van der Waals surface area contributed by atoms with Gasteiger partial charge in [0.05, 0.1) is 25.8 Å². The number of hydrogen-bond acceptors (Lipinski definition) is 5. The Balaban J connectivity index is 2.00. The first-order valence-electron chi connectivity index (χ1n) is 10.2. The van der Waals surface area contributed by atoms with E-state index in [1.165, 1.54) is 43.4 Å². The summed E-state index contributed by atoms with van der Waals surface area (Å²) in [6.07, 6.45) is 0. The number of aryl methyl sites for hydroxylation is 1.